The third kappa shape index (κ3) is 4.29. The highest BCUT2D eigenvalue weighted by atomic mass is 35.5. The highest BCUT2D eigenvalue weighted by Crippen LogP contribution is 2.16. The molecule has 1 heterocycles. The first-order valence-electron chi connectivity index (χ1n) is 8.68. The molecule has 27 heavy (non-hydrogen) atoms. The molecule has 0 spiro atoms. The van der Waals surface area contributed by atoms with Crippen molar-refractivity contribution in [2.24, 2.45) is 0 Å². The molecule has 0 atom stereocenters. The van der Waals surface area contributed by atoms with E-state index in [1.165, 1.54) is 11.6 Å². The van der Waals surface area contributed by atoms with Gasteiger partial charge in [-0.3, -0.25) is 9.59 Å². The van der Waals surface area contributed by atoms with Gasteiger partial charge in [0, 0.05) is 34.7 Å². The molecule has 3 aromatic rings. The molecule has 0 fully saturated rings. The number of anilines is 1. The second-order valence-electron chi connectivity index (χ2n) is 6.64. The van der Waals surface area contributed by atoms with Crippen LogP contribution in [-0.4, -0.2) is 10.5 Å². The van der Waals surface area contributed by atoms with Gasteiger partial charge in [0.2, 0.25) is 0 Å². The van der Waals surface area contributed by atoms with Crippen molar-refractivity contribution in [1.82, 2.24) is 4.57 Å². The Morgan fingerprint density at radius 1 is 1.00 bits per heavy atom. The van der Waals surface area contributed by atoms with Gasteiger partial charge in [-0.05, 0) is 50.6 Å². The van der Waals surface area contributed by atoms with E-state index in [4.69, 9.17) is 11.6 Å². The van der Waals surface area contributed by atoms with Crippen LogP contribution in [0.1, 0.15) is 32.9 Å². The van der Waals surface area contributed by atoms with Crippen molar-refractivity contribution < 1.29 is 4.79 Å². The van der Waals surface area contributed by atoms with Crippen LogP contribution in [0.3, 0.4) is 0 Å². The van der Waals surface area contributed by atoms with Gasteiger partial charge < -0.3 is 9.88 Å². The van der Waals surface area contributed by atoms with Crippen LogP contribution in [0.15, 0.2) is 59.4 Å². The number of aryl methyl sites for hydroxylation is 2. The van der Waals surface area contributed by atoms with Gasteiger partial charge in [-0.25, -0.2) is 0 Å². The highest BCUT2D eigenvalue weighted by Gasteiger charge is 2.18. The lowest BCUT2D eigenvalue weighted by molar-refractivity contribution is 0.102. The molecule has 5 heteroatoms. The SMILES string of the molecule is Cc1ccc(Cn2c(C)cc(=O)c(C(=O)Nc3ccc(Cl)cc3)c2C)cc1. The van der Waals surface area contributed by atoms with Gasteiger partial charge in [-0.1, -0.05) is 41.4 Å². The summed E-state index contributed by atoms with van der Waals surface area (Å²) < 4.78 is 1.99. The molecule has 138 valence electrons. The summed E-state index contributed by atoms with van der Waals surface area (Å²) in [4.78, 5) is 25.2. The van der Waals surface area contributed by atoms with Crippen LogP contribution in [0.2, 0.25) is 5.02 Å². The maximum Gasteiger partial charge on any atom is 0.261 e. The van der Waals surface area contributed by atoms with Crippen LogP contribution >= 0.6 is 11.6 Å². The number of carbonyl (C=O) groups excluding carboxylic acids is 1. The number of pyridine rings is 1. The van der Waals surface area contributed by atoms with Crippen molar-refractivity contribution in [2.75, 3.05) is 5.32 Å². The maximum atomic E-state index is 12.7. The molecule has 0 unspecified atom stereocenters. The van der Waals surface area contributed by atoms with Crippen molar-refractivity contribution in [3.05, 3.63) is 97.9 Å². The summed E-state index contributed by atoms with van der Waals surface area (Å²) in [6.07, 6.45) is 0. The quantitative estimate of drug-likeness (QED) is 0.711. The fourth-order valence-corrected chi connectivity index (χ4v) is 3.17. The minimum Gasteiger partial charge on any atom is -0.344 e. The van der Waals surface area contributed by atoms with Crippen LogP contribution in [0.5, 0.6) is 0 Å². The number of carbonyl (C=O) groups is 1. The largest absolute Gasteiger partial charge is 0.344 e. The van der Waals surface area contributed by atoms with Crippen LogP contribution in [0, 0.1) is 20.8 Å². The molecule has 0 saturated heterocycles. The lowest BCUT2D eigenvalue weighted by Gasteiger charge is -2.18. The first-order chi connectivity index (χ1) is 12.8. The second kappa shape index (κ2) is 7.80. The van der Waals surface area contributed by atoms with Crippen molar-refractivity contribution in [2.45, 2.75) is 27.3 Å². The summed E-state index contributed by atoms with van der Waals surface area (Å²) in [5, 5.41) is 3.36. The van der Waals surface area contributed by atoms with E-state index < -0.39 is 5.91 Å². The number of benzene rings is 2. The normalized spacial score (nSPS) is 10.7. The van der Waals surface area contributed by atoms with Crippen LogP contribution in [-0.2, 0) is 6.54 Å². The average Bonchev–Trinajstić information content (AvgIpc) is 2.62. The first-order valence-corrected chi connectivity index (χ1v) is 9.06. The average molecular weight is 381 g/mol. The lowest BCUT2D eigenvalue weighted by Crippen LogP contribution is -2.27. The van der Waals surface area contributed by atoms with E-state index in [-0.39, 0.29) is 11.0 Å². The molecular formula is C22H21ClN2O2. The Labute approximate surface area is 163 Å². The zero-order valence-electron chi connectivity index (χ0n) is 15.5. The summed E-state index contributed by atoms with van der Waals surface area (Å²) in [7, 11) is 0. The Balaban J connectivity index is 1.95. The minimum absolute atomic E-state index is 0.155. The predicted octanol–water partition coefficient (Wildman–Crippen LogP) is 4.73. The zero-order valence-corrected chi connectivity index (χ0v) is 16.3. The Kier molecular flexibility index (Phi) is 5.47. The zero-order chi connectivity index (χ0) is 19.6. The van der Waals surface area contributed by atoms with Gasteiger partial charge >= 0.3 is 0 Å². The Morgan fingerprint density at radius 3 is 2.26 bits per heavy atom. The molecular weight excluding hydrogens is 360 g/mol. The summed E-state index contributed by atoms with van der Waals surface area (Å²) in [6, 6.07) is 16.5. The molecule has 0 saturated carbocycles. The number of rotatable bonds is 4. The number of amides is 1. The van der Waals surface area contributed by atoms with E-state index in [1.54, 1.807) is 31.2 Å². The van der Waals surface area contributed by atoms with Crippen LogP contribution in [0.4, 0.5) is 5.69 Å². The first kappa shape index (κ1) is 18.9. The van der Waals surface area contributed by atoms with Crippen molar-refractivity contribution in [3.8, 4) is 0 Å². The molecule has 2 aromatic carbocycles. The molecule has 0 aliphatic carbocycles. The highest BCUT2D eigenvalue weighted by molar-refractivity contribution is 6.30. The van der Waals surface area contributed by atoms with Crippen LogP contribution in [0.25, 0.3) is 0 Å². The number of hydrogen-bond donors (Lipinski definition) is 1. The van der Waals surface area contributed by atoms with E-state index in [2.05, 4.69) is 29.6 Å². The summed E-state index contributed by atoms with van der Waals surface area (Å²) in [6.45, 7) is 6.32. The molecule has 1 aromatic heterocycles. The lowest BCUT2D eigenvalue weighted by atomic mass is 10.1. The number of halogens is 1. The van der Waals surface area contributed by atoms with Crippen molar-refractivity contribution in [1.29, 1.82) is 0 Å². The van der Waals surface area contributed by atoms with Gasteiger partial charge in [0.25, 0.3) is 5.91 Å². The monoisotopic (exact) mass is 380 g/mol. The van der Waals surface area contributed by atoms with Gasteiger partial charge in [0.1, 0.15) is 5.56 Å². The molecule has 1 amide bonds. The van der Waals surface area contributed by atoms with Gasteiger partial charge in [-0.15, -0.1) is 0 Å². The Bertz CT molecular complexity index is 1040. The standard InChI is InChI=1S/C22H21ClN2O2/c1-14-4-6-17(7-5-14)13-25-15(2)12-20(26)21(16(25)3)22(27)24-19-10-8-18(23)9-11-19/h4-12H,13H2,1-3H3,(H,24,27). The molecule has 0 radical (unpaired) electrons. The van der Waals surface area contributed by atoms with E-state index >= 15 is 0 Å². The van der Waals surface area contributed by atoms with Gasteiger partial charge in [-0.2, -0.15) is 0 Å². The van der Waals surface area contributed by atoms with E-state index in [1.807, 2.05) is 18.4 Å². The van der Waals surface area contributed by atoms with E-state index in [9.17, 15) is 9.59 Å². The minimum atomic E-state index is -0.419. The summed E-state index contributed by atoms with van der Waals surface area (Å²) >= 11 is 5.87. The van der Waals surface area contributed by atoms with Crippen molar-refractivity contribution in [3.63, 3.8) is 0 Å². The maximum absolute atomic E-state index is 12.7. The number of nitrogens with one attached hydrogen (secondary N) is 1. The Hall–Kier alpha value is -2.85. The van der Waals surface area contributed by atoms with Gasteiger partial charge in [0.15, 0.2) is 5.43 Å². The molecule has 3 rings (SSSR count). The molecule has 0 bridgehead atoms. The van der Waals surface area contributed by atoms with E-state index in [0.29, 0.717) is 22.9 Å². The predicted molar refractivity (Wildman–Crippen MR) is 110 cm³/mol. The number of nitrogens with zero attached hydrogens (tertiary/aromatic N) is 1. The third-order valence-electron chi connectivity index (χ3n) is 4.57. The molecule has 0 aliphatic rings. The summed E-state index contributed by atoms with van der Waals surface area (Å²) in [5.74, 6) is -0.419. The summed E-state index contributed by atoms with van der Waals surface area (Å²) in [5.41, 5.74) is 4.23. The molecule has 0 aliphatic heterocycles. The fraction of sp³-hybridized carbons (Fsp3) is 0.182. The molecule has 4 nitrogen and oxygen atoms in total. The fourth-order valence-electron chi connectivity index (χ4n) is 3.04. The smallest absolute Gasteiger partial charge is 0.261 e. The topological polar surface area (TPSA) is 51.1 Å². The number of hydrogen-bond acceptors (Lipinski definition) is 2. The molecule has 1 N–H and O–H groups in total. The Morgan fingerprint density at radius 2 is 1.63 bits per heavy atom. The number of aromatic nitrogens is 1. The van der Waals surface area contributed by atoms with E-state index in [0.717, 1.165) is 11.3 Å². The van der Waals surface area contributed by atoms with Gasteiger partial charge in [0.05, 0.1) is 0 Å². The third-order valence-corrected chi connectivity index (χ3v) is 4.82. The van der Waals surface area contributed by atoms with Crippen LogP contribution < -0.4 is 10.7 Å². The van der Waals surface area contributed by atoms with Crippen molar-refractivity contribution >= 4 is 23.2 Å². The second-order valence-corrected chi connectivity index (χ2v) is 7.08.